The molecule has 0 aliphatic carbocycles. The summed E-state index contributed by atoms with van der Waals surface area (Å²) in [4.78, 5) is 16.5. The fourth-order valence-electron chi connectivity index (χ4n) is 3.24. The molecule has 156 valence electrons. The number of rotatable bonds is 0. The van der Waals surface area contributed by atoms with Crippen molar-refractivity contribution in [3.05, 3.63) is 103 Å². The van der Waals surface area contributed by atoms with Crippen molar-refractivity contribution in [2.45, 2.75) is 27.7 Å². The van der Waals surface area contributed by atoms with E-state index in [0.29, 0.717) is 0 Å². The second-order valence-corrected chi connectivity index (χ2v) is 7.36. The van der Waals surface area contributed by atoms with Gasteiger partial charge < -0.3 is 13.2 Å². The van der Waals surface area contributed by atoms with E-state index in [1.807, 2.05) is 73.6 Å². The van der Waals surface area contributed by atoms with Gasteiger partial charge >= 0.3 is 0 Å². The Labute approximate surface area is 180 Å². The van der Waals surface area contributed by atoms with Gasteiger partial charge in [-0.05, 0) is 57.5 Å². The van der Waals surface area contributed by atoms with E-state index < -0.39 is 0 Å². The van der Waals surface area contributed by atoms with Gasteiger partial charge in [0.15, 0.2) is 5.65 Å². The monoisotopic (exact) mass is 411 g/mol. The molecule has 0 N–H and O–H groups in total. The van der Waals surface area contributed by atoms with E-state index in [2.05, 4.69) is 54.7 Å². The highest BCUT2D eigenvalue weighted by atomic mass is 15.0. The third kappa shape index (κ3) is 4.45. The van der Waals surface area contributed by atoms with E-state index in [-0.39, 0.29) is 0 Å². The Morgan fingerprint density at radius 3 is 1.87 bits per heavy atom. The molecule has 6 aromatic rings. The van der Waals surface area contributed by atoms with Crippen LogP contribution in [-0.4, -0.2) is 33.1 Å². The molecule has 0 bridgehead atoms. The number of hydrogen-bond acceptors (Lipinski definition) is 4. The molecule has 0 aromatic carbocycles. The van der Waals surface area contributed by atoms with Crippen LogP contribution < -0.4 is 0 Å². The Kier molecular flexibility index (Phi) is 5.75. The molecule has 0 aliphatic rings. The van der Waals surface area contributed by atoms with E-state index in [1.54, 1.807) is 12.4 Å². The Hall–Kier alpha value is -4.00. The van der Waals surface area contributed by atoms with Crippen LogP contribution in [0.15, 0.2) is 79.9 Å². The molecule has 6 rings (SSSR count). The summed E-state index contributed by atoms with van der Waals surface area (Å²) in [6, 6.07) is 10.1. The SMILES string of the molecule is Cc1ccn2c(C)cnc2c1.Cc1cnc2ccccn12.Cc1cnc2cnccn12. The normalized spacial score (nSPS) is 10.6. The lowest BCUT2D eigenvalue weighted by Crippen LogP contribution is -1.86. The number of aromatic nitrogens is 7. The molecule has 6 aromatic heterocycles. The Morgan fingerprint density at radius 1 is 0.581 bits per heavy atom. The van der Waals surface area contributed by atoms with E-state index >= 15 is 0 Å². The van der Waals surface area contributed by atoms with Crippen molar-refractivity contribution in [1.82, 2.24) is 33.1 Å². The average Bonchev–Trinajstić information content (AvgIpc) is 3.47. The molecule has 6 heterocycles. The fourth-order valence-corrected chi connectivity index (χ4v) is 3.24. The molecule has 0 spiro atoms. The predicted octanol–water partition coefficient (Wildman–Crippen LogP) is 4.63. The first-order chi connectivity index (χ1) is 15.0. The van der Waals surface area contributed by atoms with Crippen LogP contribution in [0.1, 0.15) is 22.6 Å². The smallest absolute Gasteiger partial charge is 0.155 e. The van der Waals surface area contributed by atoms with Gasteiger partial charge in [0.05, 0.1) is 6.20 Å². The highest BCUT2D eigenvalue weighted by Gasteiger charge is 1.96. The van der Waals surface area contributed by atoms with E-state index in [4.69, 9.17) is 0 Å². The molecule has 7 nitrogen and oxygen atoms in total. The second kappa shape index (κ2) is 8.79. The van der Waals surface area contributed by atoms with Gasteiger partial charge in [0, 0.05) is 60.5 Å². The van der Waals surface area contributed by atoms with Gasteiger partial charge in [-0.1, -0.05) is 6.07 Å². The van der Waals surface area contributed by atoms with Crippen molar-refractivity contribution in [3.63, 3.8) is 0 Å². The van der Waals surface area contributed by atoms with Gasteiger partial charge in [0.1, 0.15) is 11.3 Å². The van der Waals surface area contributed by atoms with Crippen molar-refractivity contribution in [2.24, 2.45) is 0 Å². The summed E-state index contributed by atoms with van der Waals surface area (Å²) in [6.07, 6.45) is 15.0. The largest absolute Gasteiger partial charge is 0.304 e. The Morgan fingerprint density at radius 2 is 1.19 bits per heavy atom. The van der Waals surface area contributed by atoms with Crippen molar-refractivity contribution in [3.8, 4) is 0 Å². The number of imidazole rings is 3. The van der Waals surface area contributed by atoms with Crippen LogP contribution in [-0.2, 0) is 0 Å². The maximum Gasteiger partial charge on any atom is 0.155 e. The molecule has 0 aliphatic heterocycles. The number of pyridine rings is 2. The van der Waals surface area contributed by atoms with Crippen LogP contribution in [0.3, 0.4) is 0 Å². The molecular formula is C24H25N7. The summed E-state index contributed by atoms with van der Waals surface area (Å²) in [7, 11) is 0. The Bertz CT molecular complexity index is 1370. The molecule has 0 saturated heterocycles. The molecule has 0 atom stereocenters. The molecule has 0 saturated carbocycles. The lowest BCUT2D eigenvalue weighted by molar-refractivity contribution is 1.07. The van der Waals surface area contributed by atoms with Crippen molar-refractivity contribution >= 4 is 16.9 Å². The highest BCUT2D eigenvalue weighted by Crippen LogP contribution is 2.07. The van der Waals surface area contributed by atoms with Crippen molar-refractivity contribution in [2.75, 3.05) is 0 Å². The standard InChI is InChI=1S/C9H10N2.C8H8N2.C7H7N3/c1-7-3-4-11-8(2)6-10-9(11)5-7;1-7-6-9-8-4-2-3-5-10(7)8;1-6-4-9-7-5-8-2-3-10(6)7/h3-6H,1-2H3;2-6H,1H3;2-5H,1H3. The highest BCUT2D eigenvalue weighted by molar-refractivity contribution is 5.42. The van der Waals surface area contributed by atoms with Gasteiger partial charge in [-0.3, -0.25) is 4.98 Å². The zero-order valence-corrected chi connectivity index (χ0v) is 18.1. The predicted molar refractivity (Wildman–Crippen MR) is 122 cm³/mol. The maximum absolute atomic E-state index is 4.24. The summed E-state index contributed by atoms with van der Waals surface area (Å²) in [5.41, 5.74) is 7.69. The lowest BCUT2D eigenvalue weighted by atomic mass is 10.3. The molecular weight excluding hydrogens is 386 g/mol. The summed E-state index contributed by atoms with van der Waals surface area (Å²) >= 11 is 0. The molecule has 31 heavy (non-hydrogen) atoms. The topological polar surface area (TPSA) is 64.8 Å². The lowest BCUT2D eigenvalue weighted by Gasteiger charge is -1.95. The van der Waals surface area contributed by atoms with Crippen LogP contribution in [0.2, 0.25) is 0 Å². The van der Waals surface area contributed by atoms with E-state index in [9.17, 15) is 0 Å². The number of fused-ring (bicyclic) bond motifs is 3. The summed E-state index contributed by atoms with van der Waals surface area (Å²) in [6.45, 7) is 8.18. The van der Waals surface area contributed by atoms with Crippen molar-refractivity contribution < 1.29 is 0 Å². The van der Waals surface area contributed by atoms with Gasteiger partial charge in [0.25, 0.3) is 0 Å². The summed E-state index contributed by atoms with van der Waals surface area (Å²) in [5, 5.41) is 0. The fraction of sp³-hybridized carbons (Fsp3) is 0.167. The van der Waals surface area contributed by atoms with E-state index in [0.717, 1.165) is 22.6 Å². The first kappa shape index (κ1) is 20.3. The van der Waals surface area contributed by atoms with Crippen LogP contribution >= 0.6 is 0 Å². The summed E-state index contributed by atoms with van der Waals surface area (Å²) in [5.74, 6) is 0. The zero-order chi connectivity index (χ0) is 21.8. The molecule has 0 amide bonds. The second-order valence-electron chi connectivity index (χ2n) is 7.36. The van der Waals surface area contributed by atoms with E-state index in [1.165, 1.54) is 17.0 Å². The first-order valence-electron chi connectivity index (χ1n) is 10.1. The quantitative estimate of drug-likeness (QED) is 0.365. The van der Waals surface area contributed by atoms with Gasteiger partial charge in [-0.25, -0.2) is 15.0 Å². The molecule has 0 unspecified atom stereocenters. The number of hydrogen-bond donors (Lipinski definition) is 0. The third-order valence-electron chi connectivity index (χ3n) is 4.96. The summed E-state index contributed by atoms with van der Waals surface area (Å²) < 4.78 is 6.12. The minimum absolute atomic E-state index is 0.903. The third-order valence-corrected chi connectivity index (χ3v) is 4.96. The maximum atomic E-state index is 4.24. The average molecular weight is 412 g/mol. The first-order valence-corrected chi connectivity index (χ1v) is 10.1. The van der Waals surface area contributed by atoms with Crippen molar-refractivity contribution in [1.29, 1.82) is 0 Å². The van der Waals surface area contributed by atoms with Gasteiger partial charge in [-0.15, -0.1) is 0 Å². The number of nitrogens with zero attached hydrogens (tertiary/aromatic N) is 7. The minimum Gasteiger partial charge on any atom is -0.304 e. The van der Waals surface area contributed by atoms with Crippen LogP contribution in [0, 0.1) is 27.7 Å². The number of aryl methyl sites for hydroxylation is 4. The minimum atomic E-state index is 0.903. The van der Waals surface area contributed by atoms with Crippen LogP contribution in [0.4, 0.5) is 0 Å². The van der Waals surface area contributed by atoms with Gasteiger partial charge in [0.2, 0.25) is 0 Å². The van der Waals surface area contributed by atoms with Crippen LogP contribution in [0.5, 0.6) is 0 Å². The molecule has 0 fully saturated rings. The molecule has 7 heteroatoms. The zero-order valence-electron chi connectivity index (χ0n) is 18.1. The molecule has 0 radical (unpaired) electrons. The van der Waals surface area contributed by atoms with Crippen LogP contribution in [0.25, 0.3) is 16.9 Å². The Balaban J connectivity index is 0.000000112. The van der Waals surface area contributed by atoms with Gasteiger partial charge in [-0.2, -0.15) is 0 Å².